The van der Waals surface area contributed by atoms with E-state index in [-0.39, 0.29) is 17.8 Å². The lowest BCUT2D eigenvalue weighted by Crippen LogP contribution is -2.38. The lowest BCUT2D eigenvalue weighted by Gasteiger charge is -2.44. The van der Waals surface area contributed by atoms with Crippen LogP contribution in [0.25, 0.3) is 0 Å². The topological polar surface area (TPSA) is 80.9 Å². The molecule has 3 aliphatic carbocycles. The molecule has 0 radical (unpaired) electrons. The van der Waals surface area contributed by atoms with Gasteiger partial charge in [-0.15, -0.1) is 0 Å². The minimum atomic E-state index is -3.24. The molecule has 1 unspecified atom stereocenters. The number of rotatable bonds is 6. The average molecular weight is 439 g/mol. The summed E-state index contributed by atoms with van der Waals surface area (Å²) in [4.78, 5) is 0. The van der Waals surface area contributed by atoms with Gasteiger partial charge in [-0.2, -0.15) is 0 Å². The minimum absolute atomic E-state index is 0.0277. The lowest BCUT2D eigenvalue weighted by molar-refractivity contribution is -0.0554. The standard InChI is InChI=1S/C27H44O4/c1-17(8-13-25(30)26(3,4)31)22-11-12-23-19(7-6-14-27(22,23)5)9-10-20-15-21(28)16-24(29)18(20)2/h9-10,17,21-25,28-31H,2,6-8,11-16H2,1,3-5H3/b19-9?,20-10-/t17-,21-,22-,23?,24-,25-,27-/m1/s1/i3D3,4D3. The Balaban J connectivity index is 1.73. The molecule has 176 valence electrons. The van der Waals surface area contributed by atoms with Gasteiger partial charge in [0.05, 0.1) is 23.9 Å². The molecular formula is C27H44O4. The zero-order chi connectivity index (χ0) is 28.0. The normalized spacial score (nSPS) is 42.7. The Hall–Kier alpha value is -0.940. The molecule has 0 aromatic carbocycles. The van der Waals surface area contributed by atoms with E-state index in [1.54, 1.807) is 0 Å². The van der Waals surface area contributed by atoms with Gasteiger partial charge in [0.15, 0.2) is 0 Å². The van der Waals surface area contributed by atoms with Gasteiger partial charge < -0.3 is 20.4 Å². The fourth-order valence-electron chi connectivity index (χ4n) is 6.51. The van der Waals surface area contributed by atoms with E-state index in [4.69, 9.17) is 8.22 Å². The molecule has 31 heavy (non-hydrogen) atoms. The van der Waals surface area contributed by atoms with Crippen LogP contribution in [0.2, 0.25) is 0 Å². The number of fused-ring (bicyclic) bond motifs is 1. The molecule has 3 rings (SSSR count). The summed E-state index contributed by atoms with van der Waals surface area (Å²) in [6, 6.07) is 0. The molecule has 0 aliphatic heterocycles. The largest absolute Gasteiger partial charge is 0.393 e. The van der Waals surface area contributed by atoms with Crippen molar-refractivity contribution in [2.45, 2.75) is 109 Å². The van der Waals surface area contributed by atoms with Crippen LogP contribution >= 0.6 is 0 Å². The molecule has 0 aromatic rings. The van der Waals surface area contributed by atoms with E-state index in [0.717, 1.165) is 37.7 Å². The van der Waals surface area contributed by atoms with Crippen LogP contribution in [0.5, 0.6) is 0 Å². The Morgan fingerprint density at radius 3 is 2.71 bits per heavy atom. The second-order valence-electron chi connectivity index (χ2n) is 10.5. The first-order valence-electron chi connectivity index (χ1n) is 14.8. The number of hydrogen-bond acceptors (Lipinski definition) is 4. The summed E-state index contributed by atoms with van der Waals surface area (Å²) in [5, 5.41) is 41.4. The third-order valence-corrected chi connectivity index (χ3v) is 8.37. The predicted molar refractivity (Wildman–Crippen MR) is 125 cm³/mol. The molecule has 4 N–H and O–H groups in total. The Morgan fingerprint density at radius 2 is 2.00 bits per heavy atom. The van der Waals surface area contributed by atoms with Gasteiger partial charge in [-0.1, -0.05) is 38.2 Å². The summed E-state index contributed by atoms with van der Waals surface area (Å²) >= 11 is 0. The van der Waals surface area contributed by atoms with Crippen LogP contribution < -0.4 is 0 Å². The van der Waals surface area contributed by atoms with Gasteiger partial charge in [0, 0.05) is 14.6 Å². The molecule has 0 heterocycles. The maximum absolute atomic E-state index is 10.6. The predicted octanol–water partition coefficient (Wildman–Crippen LogP) is 4.68. The van der Waals surface area contributed by atoms with Crippen molar-refractivity contribution in [1.82, 2.24) is 0 Å². The van der Waals surface area contributed by atoms with Gasteiger partial charge in [-0.3, -0.25) is 0 Å². The van der Waals surface area contributed by atoms with E-state index >= 15 is 0 Å². The van der Waals surface area contributed by atoms with Gasteiger partial charge in [0.2, 0.25) is 0 Å². The summed E-state index contributed by atoms with van der Waals surface area (Å²) in [6.45, 7) is 1.91. The van der Waals surface area contributed by atoms with Crippen LogP contribution in [0.1, 0.15) is 93.6 Å². The second kappa shape index (κ2) is 9.51. The van der Waals surface area contributed by atoms with Gasteiger partial charge in [0.1, 0.15) is 0 Å². The third kappa shape index (κ3) is 5.35. The molecule has 0 amide bonds. The summed E-state index contributed by atoms with van der Waals surface area (Å²) in [5.74, 6) is 0.815. The highest BCUT2D eigenvalue weighted by molar-refractivity contribution is 5.38. The van der Waals surface area contributed by atoms with Crippen molar-refractivity contribution < 1.29 is 28.7 Å². The number of allylic oxidation sites excluding steroid dienone is 3. The van der Waals surface area contributed by atoms with Crippen molar-refractivity contribution in [1.29, 1.82) is 0 Å². The maximum atomic E-state index is 10.6. The molecule has 4 heteroatoms. The van der Waals surface area contributed by atoms with Crippen LogP contribution in [-0.2, 0) is 0 Å². The SMILES string of the molecule is [2H]C([2H])([2H])C(O)([C@H](O)CC[C@@H](C)[C@H]1CCC2C(=C/C=C3/C[C@@H](O)C[C@@H](O)C3=C)CCC[C@@]21C)C([2H])([2H])[2H]. The van der Waals surface area contributed by atoms with Crippen molar-refractivity contribution in [3.8, 4) is 0 Å². The quantitative estimate of drug-likeness (QED) is 0.486. The van der Waals surface area contributed by atoms with Crippen LogP contribution in [0.15, 0.2) is 35.5 Å². The monoisotopic (exact) mass is 438 g/mol. The first-order chi connectivity index (χ1) is 16.9. The van der Waals surface area contributed by atoms with E-state index in [1.807, 2.05) is 6.08 Å². The molecule has 3 saturated carbocycles. The number of aliphatic hydroxyl groups is 4. The van der Waals surface area contributed by atoms with Crippen molar-refractivity contribution in [2.75, 3.05) is 0 Å². The first-order valence-corrected chi connectivity index (χ1v) is 11.8. The molecule has 4 nitrogen and oxygen atoms in total. The van der Waals surface area contributed by atoms with E-state index in [2.05, 4.69) is 26.5 Å². The molecular weight excluding hydrogens is 388 g/mol. The van der Waals surface area contributed by atoms with E-state index in [1.165, 1.54) is 5.57 Å². The molecule has 0 bridgehead atoms. The number of aliphatic hydroxyl groups excluding tert-OH is 3. The highest BCUT2D eigenvalue weighted by atomic mass is 16.3. The highest BCUT2D eigenvalue weighted by Crippen LogP contribution is 2.60. The van der Waals surface area contributed by atoms with Gasteiger partial charge in [-0.05, 0) is 99.4 Å². The van der Waals surface area contributed by atoms with Gasteiger partial charge >= 0.3 is 0 Å². The molecule has 3 aliphatic rings. The van der Waals surface area contributed by atoms with E-state index in [9.17, 15) is 20.4 Å². The van der Waals surface area contributed by atoms with Crippen molar-refractivity contribution >= 4 is 0 Å². The van der Waals surface area contributed by atoms with Gasteiger partial charge in [0.25, 0.3) is 0 Å². The van der Waals surface area contributed by atoms with E-state index in [0.29, 0.717) is 36.7 Å². The Labute approximate surface area is 197 Å². The van der Waals surface area contributed by atoms with E-state index < -0.39 is 37.6 Å². The second-order valence-corrected chi connectivity index (χ2v) is 10.5. The smallest absolute Gasteiger partial charge is 0.0849 e. The molecule has 0 spiro atoms. The Bertz CT molecular complexity index is 894. The average Bonchev–Trinajstić information content (AvgIpc) is 3.14. The highest BCUT2D eigenvalue weighted by Gasteiger charge is 2.50. The summed E-state index contributed by atoms with van der Waals surface area (Å²) in [5.41, 5.74) is -0.219. The summed E-state index contributed by atoms with van der Waals surface area (Å²) in [6.07, 6.45) is 7.20. The molecule has 3 fully saturated rings. The molecule has 0 saturated heterocycles. The zero-order valence-electron chi connectivity index (χ0n) is 25.0. The van der Waals surface area contributed by atoms with Crippen LogP contribution in [-0.4, -0.2) is 44.3 Å². The summed E-state index contributed by atoms with van der Waals surface area (Å²) in [7, 11) is 0. The first kappa shape index (κ1) is 17.5. The molecule has 7 atom stereocenters. The fraction of sp³-hybridized carbons (Fsp3) is 0.778. The van der Waals surface area contributed by atoms with Gasteiger partial charge in [-0.25, -0.2) is 0 Å². The fourth-order valence-corrected chi connectivity index (χ4v) is 6.51. The minimum Gasteiger partial charge on any atom is -0.393 e. The summed E-state index contributed by atoms with van der Waals surface area (Å²) < 4.78 is 45.4. The van der Waals surface area contributed by atoms with Crippen LogP contribution in [0.3, 0.4) is 0 Å². The number of hydrogen-bond donors (Lipinski definition) is 4. The Kier molecular flexibility index (Phi) is 5.37. The van der Waals surface area contributed by atoms with Crippen molar-refractivity contribution in [3.63, 3.8) is 0 Å². The maximum Gasteiger partial charge on any atom is 0.0849 e. The molecule has 0 aromatic heterocycles. The van der Waals surface area contributed by atoms with Crippen molar-refractivity contribution in [2.24, 2.45) is 23.2 Å². The third-order valence-electron chi connectivity index (χ3n) is 8.37. The van der Waals surface area contributed by atoms with Crippen LogP contribution in [0, 0.1) is 23.2 Å². The van der Waals surface area contributed by atoms with Crippen LogP contribution in [0.4, 0.5) is 0 Å². The van der Waals surface area contributed by atoms with Crippen molar-refractivity contribution in [3.05, 3.63) is 35.5 Å². The zero-order valence-corrected chi connectivity index (χ0v) is 19.0. The lowest BCUT2D eigenvalue weighted by atomic mass is 9.60. The Morgan fingerprint density at radius 1 is 1.26 bits per heavy atom.